The van der Waals surface area contributed by atoms with E-state index in [1.807, 2.05) is 18.2 Å². The molecule has 10 aromatic rings. The molecule has 0 saturated heterocycles. The summed E-state index contributed by atoms with van der Waals surface area (Å²) in [6, 6.07) is 81.7. The van der Waals surface area contributed by atoms with Gasteiger partial charge in [-0.1, -0.05) is 0 Å². The zero-order chi connectivity index (χ0) is 50.3. The van der Waals surface area contributed by atoms with Crippen molar-refractivity contribution in [2.75, 3.05) is 19.6 Å². The van der Waals surface area contributed by atoms with Gasteiger partial charge < -0.3 is 0 Å². The Labute approximate surface area is 445 Å². The van der Waals surface area contributed by atoms with Gasteiger partial charge in [-0.3, -0.25) is 0 Å². The molecule has 5 nitrogen and oxygen atoms in total. The molecule has 75 heavy (non-hydrogen) atoms. The standard InChI is InChI=1S/C69H44N4O.Pt/c1-5-49-17-11-21-53(39-49)61-36-48(4)38-63-55-23-13-19-51(41-55)33-32-50-18-12-22-54(40-50)62-37-47(3)35-60(52-20-10-16-46(2)34-52)68(62)72-44-70(64-28-6-8-30-66(64)72)56-24-14-26-58(42-56)74-59-27-15-25-57(43-59)71-45-73(69(61)63)67-31-9-7-29-65(67)71;/h1,6-31,34-41H,2-4H3;/q-2;. The van der Waals surface area contributed by atoms with Crippen LogP contribution in [0.3, 0.4) is 0 Å². The van der Waals surface area contributed by atoms with Crippen molar-refractivity contribution in [1.82, 2.24) is 0 Å². The molecule has 0 saturated carbocycles. The molecule has 4 aliphatic rings. The average Bonchev–Trinajstić information content (AvgIpc) is 4.04. The van der Waals surface area contributed by atoms with E-state index in [0.29, 0.717) is 11.5 Å². The molecule has 0 N–H and O–H groups in total. The van der Waals surface area contributed by atoms with Crippen molar-refractivity contribution >= 4 is 53.8 Å². The predicted octanol–water partition coefficient (Wildman–Crippen LogP) is 16.2. The molecular formula is C69H44N4OPt-2. The molecule has 10 bridgehead atoms. The minimum atomic E-state index is -1.32. The average molecular weight is 1140 g/mol. The van der Waals surface area contributed by atoms with Gasteiger partial charge in [0.2, 0.25) is 0 Å². The van der Waals surface area contributed by atoms with Crippen LogP contribution < -0.4 is 24.3 Å². The molecule has 4 heterocycles. The van der Waals surface area contributed by atoms with Crippen LogP contribution in [0, 0.1) is 57.1 Å². The SMILES string of the molecule is C#Cc1cccc(-c2cc(C)cc3c2N2[C]4=[Pt]=[C]5N(c6[c-]c(ccc6)Oc6[c-]c(ccc6)N4c4ccccc42)c2ccccc2N5c2c(-c4cccc(C)c4)cc(C)cc2-c2cccc(c2)C#Cc2cccc-3c2)c1. The Morgan fingerprint density at radius 3 is 1.29 bits per heavy atom. The van der Waals surface area contributed by atoms with Crippen LogP contribution in [-0.2, 0) is 17.6 Å². The van der Waals surface area contributed by atoms with Crippen molar-refractivity contribution < 1.29 is 22.4 Å². The second-order valence-corrected chi connectivity index (χ2v) is 21.8. The van der Waals surface area contributed by atoms with Crippen LogP contribution in [0.15, 0.2) is 206 Å². The maximum atomic E-state index is 6.79. The van der Waals surface area contributed by atoms with Crippen LogP contribution in [0.2, 0.25) is 0 Å². The summed E-state index contributed by atoms with van der Waals surface area (Å²) < 4.78 is 9.01. The molecule has 0 unspecified atom stereocenters. The van der Waals surface area contributed by atoms with Gasteiger partial charge in [0.1, 0.15) is 0 Å². The van der Waals surface area contributed by atoms with Crippen LogP contribution in [-0.4, -0.2) is 8.29 Å². The fourth-order valence-electron chi connectivity index (χ4n) is 10.9. The van der Waals surface area contributed by atoms with Gasteiger partial charge in [-0.05, 0) is 0 Å². The molecule has 0 atom stereocenters. The van der Waals surface area contributed by atoms with Gasteiger partial charge in [-0.25, -0.2) is 0 Å². The summed E-state index contributed by atoms with van der Waals surface area (Å²) >= 11 is -1.32. The number of ether oxygens (including phenoxy) is 1. The number of hydrogen-bond donors (Lipinski definition) is 0. The van der Waals surface area contributed by atoms with Crippen LogP contribution in [0.5, 0.6) is 11.5 Å². The molecule has 0 spiro atoms. The van der Waals surface area contributed by atoms with Gasteiger partial charge >= 0.3 is 449 Å². The third-order valence-electron chi connectivity index (χ3n) is 14.1. The summed E-state index contributed by atoms with van der Waals surface area (Å²) in [7, 11) is 0. The maximum absolute atomic E-state index is 6.79. The Balaban J connectivity index is 1.23. The number of rotatable bonds is 2. The molecule has 0 radical (unpaired) electrons. The van der Waals surface area contributed by atoms with E-state index >= 15 is 0 Å². The second kappa shape index (κ2) is 17.8. The Kier molecular flexibility index (Phi) is 10.5. The van der Waals surface area contributed by atoms with Crippen LogP contribution in [0.25, 0.3) is 44.5 Å². The number of hydrogen-bond acceptors (Lipinski definition) is 5. The first-order valence-corrected chi connectivity index (χ1v) is 27.2. The van der Waals surface area contributed by atoms with Crippen molar-refractivity contribution in [2.24, 2.45) is 0 Å². The van der Waals surface area contributed by atoms with Gasteiger partial charge in [0.25, 0.3) is 0 Å². The molecule has 0 amide bonds. The summed E-state index contributed by atoms with van der Waals surface area (Å²) in [6.07, 6.45) is 6.19. The predicted molar refractivity (Wildman–Crippen MR) is 305 cm³/mol. The Hall–Kier alpha value is -9.25. The quantitative estimate of drug-likeness (QED) is 0.127. The minimum absolute atomic E-state index is 0.600. The van der Waals surface area contributed by atoms with Gasteiger partial charge in [0, 0.05) is 0 Å². The number of nitrogens with zero attached hydrogens (tertiary/aromatic N) is 4. The summed E-state index contributed by atoms with van der Waals surface area (Å²) in [4.78, 5) is 10.00. The molecule has 6 heteroatoms. The first-order valence-electron chi connectivity index (χ1n) is 24.9. The van der Waals surface area contributed by atoms with E-state index in [0.717, 1.165) is 126 Å². The van der Waals surface area contributed by atoms with Gasteiger partial charge in [0.05, 0.1) is 0 Å². The van der Waals surface area contributed by atoms with Crippen molar-refractivity contribution in [3.63, 3.8) is 0 Å². The van der Waals surface area contributed by atoms with E-state index in [-0.39, 0.29) is 0 Å². The number of terminal acetylenes is 1. The molecule has 0 aromatic heterocycles. The molecule has 0 aliphatic carbocycles. The van der Waals surface area contributed by atoms with E-state index in [1.165, 1.54) is 5.56 Å². The fourth-order valence-corrected chi connectivity index (χ4v) is 14.5. The van der Waals surface area contributed by atoms with Gasteiger partial charge in [0.15, 0.2) is 0 Å². The molecule has 14 rings (SSSR count). The zero-order valence-corrected chi connectivity index (χ0v) is 43.5. The van der Waals surface area contributed by atoms with Crippen molar-refractivity contribution in [3.8, 4) is 80.2 Å². The molecule has 10 aromatic carbocycles. The van der Waals surface area contributed by atoms with Crippen molar-refractivity contribution in [1.29, 1.82) is 0 Å². The third-order valence-corrected chi connectivity index (χ3v) is 17.1. The number of para-hydroxylation sites is 4. The monoisotopic (exact) mass is 1140 g/mol. The molecule has 4 aliphatic heterocycles. The normalized spacial score (nSPS) is 13.5. The second-order valence-electron chi connectivity index (χ2n) is 19.2. The summed E-state index contributed by atoms with van der Waals surface area (Å²) in [5.74, 6) is 11.4. The van der Waals surface area contributed by atoms with E-state index < -0.39 is 17.6 Å². The summed E-state index contributed by atoms with van der Waals surface area (Å²) in [5, 5.41) is 0. The Morgan fingerprint density at radius 1 is 0.413 bits per heavy atom. The van der Waals surface area contributed by atoms with Crippen LogP contribution in [0.1, 0.15) is 33.4 Å². The first kappa shape index (κ1) is 44.4. The topological polar surface area (TPSA) is 22.2 Å². The third kappa shape index (κ3) is 7.55. The Bertz CT molecular complexity index is 4260. The number of anilines is 8. The number of benzene rings is 10. The first-order chi connectivity index (χ1) is 36.8. The van der Waals surface area contributed by atoms with Crippen LogP contribution >= 0.6 is 0 Å². The van der Waals surface area contributed by atoms with Crippen molar-refractivity contribution in [2.45, 2.75) is 20.8 Å². The summed E-state index contributed by atoms with van der Waals surface area (Å²) in [6.45, 7) is 6.57. The van der Waals surface area contributed by atoms with E-state index in [1.54, 1.807) is 0 Å². The molecule has 0 fully saturated rings. The van der Waals surface area contributed by atoms with Gasteiger partial charge in [-0.15, -0.1) is 0 Å². The molecule has 358 valence electrons. The fraction of sp³-hybridized carbons (Fsp3) is 0.0435. The molecular weight excluding hydrogens is 1100 g/mol. The number of aryl methyl sites for hydroxylation is 3. The number of fused-ring (bicyclic) bond motifs is 22. The van der Waals surface area contributed by atoms with Gasteiger partial charge in [-0.2, -0.15) is 0 Å². The van der Waals surface area contributed by atoms with E-state index in [9.17, 15) is 0 Å². The zero-order valence-electron chi connectivity index (χ0n) is 41.2. The van der Waals surface area contributed by atoms with E-state index in [2.05, 4.69) is 258 Å². The summed E-state index contributed by atoms with van der Waals surface area (Å²) in [5.41, 5.74) is 22.9. The van der Waals surface area contributed by atoms with E-state index in [4.69, 9.17) is 11.2 Å². The van der Waals surface area contributed by atoms with Crippen LogP contribution in [0.4, 0.5) is 45.5 Å². The Morgan fingerprint density at radius 2 is 0.827 bits per heavy atom. The van der Waals surface area contributed by atoms with Crippen molar-refractivity contribution in [3.05, 3.63) is 252 Å².